The number of nitrogens with zero attached hydrogens (tertiary/aromatic N) is 1. The topological polar surface area (TPSA) is 66.6 Å². The lowest BCUT2D eigenvalue weighted by atomic mass is 9.80. The molecule has 0 amide bonds. The molecular weight excluding hydrogens is 228 g/mol. The van der Waals surface area contributed by atoms with Gasteiger partial charge in [0.25, 0.3) is 0 Å². The molecule has 0 aromatic rings. The number of nitrogens with two attached hydrogens (primary N) is 1. The van der Waals surface area contributed by atoms with Crippen LogP contribution in [0.5, 0.6) is 0 Å². The van der Waals surface area contributed by atoms with E-state index in [1.165, 1.54) is 6.42 Å². The first-order valence-electron chi connectivity index (χ1n) is 6.87. The minimum atomic E-state index is -1.08. The summed E-state index contributed by atoms with van der Waals surface area (Å²) in [5.74, 6) is -0.155. The van der Waals surface area contributed by atoms with Crippen molar-refractivity contribution in [2.24, 2.45) is 17.1 Å². The molecule has 2 atom stereocenters. The summed E-state index contributed by atoms with van der Waals surface area (Å²) in [7, 11) is 0. The van der Waals surface area contributed by atoms with Gasteiger partial charge in [-0.3, -0.25) is 4.79 Å². The van der Waals surface area contributed by atoms with E-state index < -0.39 is 11.5 Å². The van der Waals surface area contributed by atoms with E-state index >= 15 is 0 Å². The summed E-state index contributed by atoms with van der Waals surface area (Å²) in [6.07, 6.45) is 2.65. The number of hydrogen-bond acceptors (Lipinski definition) is 3. The largest absolute Gasteiger partial charge is 0.480 e. The Morgan fingerprint density at radius 1 is 1.39 bits per heavy atom. The first-order valence-corrected chi connectivity index (χ1v) is 6.87. The number of carboxylic acids is 1. The van der Waals surface area contributed by atoms with Crippen LogP contribution < -0.4 is 5.73 Å². The van der Waals surface area contributed by atoms with Gasteiger partial charge in [-0.25, -0.2) is 0 Å². The molecular formula is C14H28N2O2. The van der Waals surface area contributed by atoms with Gasteiger partial charge in [-0.1, -0.05) is 20.8 Å². The van der Waals surface area contributed by atoms with Crippen LogP contribution in [0, 0.1) is 11.3 Å². The number of carbonyl (C=O) groups is 1. The Kier molecular flexibility index (Phi) is 4.78. The van der Waals surface area contributed by atoms with E-state index in [-0.39, 0.29) is 0 Å². The molecule has 1 aliphatic rings. The van der Waals surface area contributed by atoms with Crippen molar-refractivity contribution in [3.63, 3.8) is 0 Å². The lowest BCUT2D eigenvalue weighted by Gasteiger charge is -2.27. The molecule has 1 heterocycles. The van der Waals surface area contributed by atoms with Crippen LogP contribution in [0.1, 0.15) is 47.0 Å². The maximum Gasteiger partial charge on any atom is 0.323 e. The molecule has 1 aliphatic heterocycles. The van der Waals surface area contributed by atoms with Gasteiger partial charge in [0.05, 0.1) is 0 Å². The van der Waals surface area contributed by atoms with Gasteiger partial charge in [-0.05, 0) is 50.6 Å². The fourth-order valence-corrected chi connectivity index (χ4v) is 2.52. The molecule has 0 aromatic heterocycles. The predicted octanol–water partition coefficient (Wildman–Crippen LogP) is 1.94. The number of rotatable bonds is 5. The predicted molar refractivity (Wildman–Crippen MR) is 73.5 cm³/mol. The van der Waals surface area contributed by atoms with Crippen LogP contribution in [0.2, 0.25) is 0 Å². The molecule has 3 N–H and O–H groups in total. The average Bonchev–Trinajstić information content (AvgIpc) is 2.65. The van der Waals surface area contributed by atoms with E-state index in [1.54, 1.807) is 6.92 Å². The molecule has 18 heavy (non-hydrogen) atoms. The van der Waals surface area contributed by atoms with Crippen molar-refractivity contribution in [3.8, 4) is 0 Å². The highest BCUT2D eigenvalue weighted by molar-refractivity contribution is 5.77. The molecule has 2 unspecified atom stereocenters. The molecule has 106 valence electrons. The van der Waals surface area contributed by atoms with Crippen LogP contribution in [0.4, 0.5) is 0 Å². The zero-order chi connectivity index (χ0) is 14.0. The fraction of sp³-hybridized carbons (Fsp3) is 0.929. The van der Waals surface area contributed by atoms with Gasteiger partial charge in [-0.15, -0.1) is 0 Å². The van der Waals surface area contributed by atoms with Crippen LogP contribution >= 0.6 is 0 Å². The number of aliphatic carboxylic acids is 1. The average molecular weight is 256 g/mol. The molecule has 0 radical (unpaired) electrons. The first kappa shape index (κ1) is 15.4. The van der Waals surface area contributed by atoms with Gasteiger partial charge >= 0.3 is 5.97 Å². The van der Waals surface area contributed by atoms with Crippen LogP contribution in [0.25, 0.3) is 0 Å². The van der Waals surface area contributed by atoms with E-state index in [2.05, 4.69) is 25.7 Å². The van der Waals surface area contributed by atoms with Crippen molar-refractivity contribution < 1.29 is 9.90 Å². The summed E-state index contributed by atoms with van der Waals surface area (Å²) in [6.45, 7) is 11.7. The second-order valence-electron chi connectivity index (χ2n) is 6.98. The maximum atomic E-state index is 10.9. The van der Waals surface area contributed by atoms with E-state index in [4.69, 9.17) is 10.8 Å². The molecule has 0 bridgehead atoms. The highest BCUT2D eigenvalue weighted by Crippen LogP contribution is 2.33. The zero-order valence-corrected chi connectivity index (χ0v) is 12.2. The minimum Gasteiger partial charge on any atom is -0.480 e. The van der Waals surface area contributed by atoms with Gasteiger partial charge in [0.2, 0.25) is 0 Å². The third-order valence-corrected chi connectivity index (χ3v) is 4.16. The van der Waals surface area contributed by atoms with E-state index in [9.17, 15) is 4.79 Å². The van der Waals surface area contributed by atoms with Gasteiger partial charge in [-0.2, -0.15) is 0 Å². The molecule has 1 saturated heterocycles. The third-order valence-electron chi connectivity index (χ3n) is 4.16. The SMILES string of the molecule is CC(N)(CCCN1CCC(C(C)(C)C)C1)C(=O)O. The van der Waals surface area contributed by atoms with Crippen LogP contribution in [-0.4, -0.2) is 41.1 Å². The van der Waals surface area contributed by atoms with E-state index in [1.807, 2.05) is 0 Å². The minimum absolute atomic E-state index is 0.373. The van der Waals surface area contributed by atoms with Crippen LogP contribution in [0.15, 0.2) is 0 Å². The molecule has 1 rings (SSSR count). The standard InChI is InChI=1S/C14H28N2O2/c1-13(2,3)11-6-9-16(10-11)8-5-7-14(4,15)12(17)18/h11H,5-10,15H2,1-4H3,(H,17,18). The van der Waals surface area contributed by atoms with E-state index in [0.29, 0.717) is 11.8 Å². The Hall–Kier alpha value is -0.610. The van der Waals surface area contributed by atoms with Crippen LogP contribution in [0.3, 0.4) is 0 Å². The fourth-order valence-electron chi connectivity index (χ4n) is 2.52. The zero-order valence-electron chi connectivity index (χ0n) is 12.2. The molecule has 0 saturated carbocycles. The third kappa shape index (κ3) is 4.25. The molecule has 0 spiro atoms. The molecule has 4 nitrogen and oxygen atoms in total. The van der Waals surface area contributed by atoms with Crippen molar-refractivity contribution in [1.82, 2.24) is 4.90 Å². The summed E-state index contributed by atoms with van der Waals surface area (Å²) in [5, 5.41) is 8.94. The summed E-state index contributed by atoms with van der Waals surface area (Å²) < 4.78 is 0. The highest BCUT2D eigenvalue weighted by atomic mass is 16.4. The smallest absolute Gasteiger partial charge is 0.323 e. The lowest BCUT2D eigenvalue weighted by molar-refractivity contribution is -0.142. The van der Waals surface area contributed by atoms with Crippen molar-refractivity contribution in [2.75, 3.05) is 19.6 Å². The van der Waals surface area contributed by atoms with Gasteiger partial charge < -0.3 is 15.7 Å². The number of likely N-dealkylation sites (tertiary alicyclic amines) is 1. The summed E-state index contributed by atoms with van der Waals surface area (Å²) >= 11 is 0. The van der Waals surface area contributed by atoms with E-state index in [0.717, 1.165) is 32.0 Å². The molecule has 0 aliphatic carbocycles. The van der Waals surface area contributed by atoms with Gasteiger partial charge in [0, 0.05) is 6.54 Å². The Morgan fingerprint density at radius 2 is 2.00 bits per heavy atom. The van der Waals surface area contributed by atoms with Crippen molar-refractivity contribution in [2.45, 2.75) is 52.5 Å². The second kappa shape index (κ2) is 5.57. The summed E-state index contributed by atoms with van der Waals surface area (Å²) in [4.78, 5) is 13.3. The second-order valence-corrected chi connectivity index (χ2v) is 6.98. The quantitative estimate of drug-likeness (QED) is 0.789. The van der Waals surface area contributed by atoms with Crippen LogP contribution in [-0.2, 0) is 4.79 Å². The van der Waals surface area contributed by atoms with Gasteiger partial charge in [0.1, 0.15) is 5.54 Å². The first-order chi connectivity index (χ1) is 8.13. The monoisotopic (exact) mass is 256 g/mol. The molecule has 0 aromatic carbocycles. The van der Waals surface area contributed by atoms with Gasteiger partial charge in [0.15, 0.2) is 0 Å². The Labute approximate surface area is 111 Å². The maximum absolute atomic E-state index is 10.9. The van der Waals surface area contributed by atoms with Crippen molar-refractivity contribution in [3.05, 3.63) is 0 Å². The number of hydrogen-bond donors (Lipinski definition) is 2. The Bertz CT molecular complexity index is 295. The highest BCUT2D eigenvalue weighted by Gasteiger charge is 2.32. The number of carboxylic acid groups (broad SMARTS) is 1. The molecule has 4 heteroatoms. The lowest BCUT2D eigenvalue weighted by Crippen LogP contribution is -2.45. The normalized spacial score (nSPS) is 25.1. The van der Waals surface area contributed by atoms with Crippen molar-refractivity contribution >= 4 is 5.97 Å². The summed E-state index contributed by atoms with van der Waals surface area (Å²) in [6, 6.07) is 0. The Balaban J connectivity index is 2.29. The molecule has 1 fully saturated rings. The summed E-state index contributed by atoms with van der Waals surface area (Å²) in [5.41, 5.74) is 5.02. The van der Waals surface area contributed by atoms with Crippen molar-refractivity contribution in [1.29, 1.82) is 0 Å². The Morgan fingerprint density at radius 3 is 2.44 bits per heavy atom.